The topological polar surface area (TPSA) is 20.2 Å². The summed E-state index contributed by atoms with van der Waals surface area (Å²) < 4.78 is 0. The van der Waals surface area contributed by atoms with Crippen LogP contribution in [0.4, 0.5) is 0 Å². The quantitative estimate of drug-likeness (QED) is 0.0901. The van der Waals surface area contributed by atoms with E-state index in [4.69, 9.17) is 0 Å². The number of aliphatic hydroxyl groups is 1. The number of rotatable bonds is 28. The van der Waals surface area contributed by atoms with E-state index in [0.29, 0.717) is 12.5 Å². The largest absolute Gasteiger partial charge is 0.396 e. The van der Waals surface area contributed by atoms with E-state index in [1.54, 1.807) is 0 Å². The first-order valence-corrected chi connectivity index (χ1v) is 15.6. The van der Waals surface area contributed by atoms with Crippen molar-refractivity contribution in [3.05, 3.63) is 12.2 Å². The van der Waals surface area contributed by atoms with Crippen molar-refractivity contribution in [2.45, 2.75) is 181 Å². The molecular formula is C32H64O. The third kappa shape index (κ3) is 27.8. The van der Waals surface area contributed by atoms with Gasteiger partial charge in [0.05, 0.1) is 0 Å². The van der Waals surface area contributed by atoms with Crippen LogP contribution in [0.2, 0.25) is 0 Å². The lowest BCUT2D eigenvalue weighted by Gasteiger charge is -2.09. The molecule has 0 aliphatic heterocycles. The second-order valence-electron chi connectivity index (χ2n) is 10.7. The minimum atomic E-state index is 0.326. The molecule has 0 rings (SSSR count). The van der Waals surface area contributed by atoms with E-state index in [0.717, 1.165) is 0 Å². The van der Waals surface area contributed by atoms with Crippen molar-refractivity contribution in [2.75, 3.05) is 6.61 Å². The van der Waals surface area contributed by atoms with Crippen LogP contribution >= 0.6 is 0 Å². The van der Waals surface area contributed by atoms with Gasteiger partial charge in [0.2, 0.25) is 0 Å². The fourth-order valence-corrected chi connectivity index (χ4v) is 4.89. The molecule has 0 fully saturated rings. The summed E-state index contributed by atoms with van der Waals surface area (Å²) in [5, 5.41) is 9.66. The summed E-state index contributed by atoms with van der Waals surface area (Å²) in [6.07, 6.45) is 40.9. The van der Waals surface area contributed by atoms with Gasteiger partial charge in [-0.15, -0.1) is 0 Å². The number of aliphatic hydroxyl groups excluding tert-OH is 1. The molecule has 0 radical (unpaired) electrons. The van der Waals surface area contributed by atoms with Gasteiger partial charge in [0.1, 0.15) is 0 Å². The minimum Gasteiger partial charge on any atom is -0.396 e. The summed E-state index contributed by atoms with van der Waals surface area (Å²) in [6, 6.07) is 0. The molecule has 1 unspecified atom stereocenters. The molecule has 33 heavy (non-hydrogen) atoms. The van der Waals surface area contributed by atoms with E-state index in [2.05, 4.69) is 26.0 Å². The molecule has 0 heterocycles. The van der Waals surface area contributed by atoms with Crippen LogP contribution in [0.5, 0.6) is 0 Å². The van der Waals surface area contributed by atoms with E-state index >= 15 is 0 Å². The number of allylic oxidation sites excluding steroid dienone is 1. The van der Waals surface area contributed by atoms with E-state index in [-0.39, 0.29) is 0 Å². The third-order valence-corrected chi connectivity index (χ3v) is 7.30. The summed E-state index contributed by atoms with van der Waals surface area (Å²) in [4.78, 5) is 0. The van der Waals surface area contributed by atoms with Crippen LogP contribution in [-0.4, -0.2) is 11.7 Å². The molecule has 0 aromatic carbocycles. The van der Waals surface area contributed by atoms with E-state index < -0.39 is 0 Å². The van der Waals surface area contributed by atoms with Gasteiger partial charge in [-0.1, -0.05) is 174 Å². The Morgan fingerprint density at radius 3 is 1.15 bits per heavy atom. The zero-order valence-electron chi connectivity index (χ0n) is 23.3. The molecule has 1 nitrogen and oxygen atoms in total. The molecule has 0 amide bonds. The number of hydrogen-bond donors (Lipinski definition) is 1. The molecule has 0 aliphatic rings. The van der Waals surface area contributed by atoms with Gasteiger partial charge in [-0.25, -0.2) is 0 Å². The predicted molar refractivity (Wildman–Crippen MR) is 151 cm³/mol. The Kier molecular flexibility index (Phi) is 29.5. The molecule has 0 aromatic heterocycles. The Labute approximate surface area is 210 Å². The highest BCUT2D eigenvalue weighted by Gasteiger charge is 2.02. The maximum atomic E-state index is 9.66. The molecule has 0 spiro atoms. The number of hydrogen-bond acceptors (Lipinski definition) is 1. The van der Waals surface area contributed by atoms with Crippen LogP contribution in [0.3, 0.4) is 0 Å². The monoisotopic (exact) mass is 464 g/mol. The summed E-state index contributed by atoms with van der Waals surface area (Å²) in [7, 11) is 0. The van der Waals surface area contributed by atoms with Gasteiger partial charge in [0, 0.05) is 6.61 Å². The number of unbranched alkanes of at least 4 members (excludes halogenated alkanes) is 23. The normalized spacial score (nSPS) is 12.7. The fourth-order valence-electron chi connectivity index (χ4n) is 4.89. The molecule has 0 aromatic rings. The second-order valence-corrected chi connectivity index (χ2v) is 10.7. The standard InChI is InChI=1S/C32H64O/c1-3-5-7-9-11-13-15-17-18-20-22-24-26-28-30-32(31-33)29-27-25-23-21-19-16-14-12-10-8-6-4-2/h28,30,32-33H,3-27,29,31H2,1-2H3. The van der Waals surface area contributed by atoms with Gasteiger partial charge in [-0.3, -0.25) is 0 Å². The van der Waals surface area contributed by atoms with Crippen LogP contribution in [0, 0.1) is 5.92 Å². The highest BCUT2D eigenvalue weighted by molar-refractivity contribution is 4.88. The van der Waals surface area contributed by atoms with Crippen molar-refractivity contribution < 1.29 is 5.11 Å². The summed E-state index contributed by atoms with van der Waals surface area (Å²) in [5.41, 5.74) is 0. The van der Waals surface area contributed by atoms with Gasteiger partial charge < -0.3 is 5.11 Å². The maximum absolute atomic E-state index is 9.66. The van der Waals surface area contributed by atoms with Crippen molar-refractivity contribution in [1.29, 1.82) is 0 Å². The second kappa shape index (κ2) is 29.7. The van der Waals surface area contributed by atoms with Crippen LogP contribution in [0.1, 0.15) is 181 Å². The smallest absolute Gasteiger partial charge is 0.0493 e. The molecule has 0 aliphatic carbocycles. The lowest BCUT2D eigenvalue weighted by molar-refractivity contribution is 0.243. The van der Waals surface area contributed by atoms with E-state index in [9.17, 15) is 5.11 Å². The van der Waals surface area contributed by atoms with Crippen molar-refractivity contribution in [1.82, 2.24) is 0 Å². The van der Waals surface area contributed by atoms with E-state index in [1.165, 1.54) is 167 Å². The first-order valence-electron chi connectivity index (χ1n) is 15.6. The lowest BCUT2D eigenvalue weighted by atomic mass is 9.99. The first-order chi connectivity index (χ1) is 16.3. The average Bonchev–Trinajstić information content (AvgIpc) is 2.83. The third-order valence-electron chi connectivity index (χ3n) is 7.30. The van der Waals surface area contributed by atoms with Crippen molar-refractivity contribution >= 4 is 0 Å². The molecule has 0 saturated carbocycles. The Hall–Kier alpha value is -0.300. The van der Waals surface area contributed by atoms with Gasteiger partial charge in [-0.2, -0.15) is 0 Å². The zero-order valence-corrected chi connectivity index (χ0v) is 23.3. The van der Waals surface area contributed by atoms with Crippen LogP contribution in [0.15, 0.2) is 12.2 Å². The molecule has 1 N–H and O–H groups in total. The van der Waals surface area contributed by atoms with Gasteiger partial charge in [0.25, 0.3) is 0 Å². The lowest BCUT2D eigenvalue weighted by Crippen LogP contribution is -2.02. The minimum absolute atomic E-state index is 0.326. The van der Waals surface area contributed by atoms with Gasteiger partial charge >= 0.3 is 0 Å². The summed E-state index contributed by atoms with van der Waals surface area (Å²) in [5.74, 6) is 0.394. The Balaban J connectivity index is 3.35. The average molecular weight is 465 g/mol. The molecule has 198 valence electrons. The molecular weight excluding hydrogens is 400 g/mol. The van der Waals surface area contributed by atoms with E-state index in [1.807, 2.05) is 0 Å². The highest BCUT2D eigenvalue weighted by Crippen LogP contribution is 2.16. The van der Waals surface area contributed by atoms with Gasteiger partial charge in [-0.05, 0) is 25.2 Å². The van der Waals surface area contributed by atoms with Crippen LogP contribution in [0.25, 0.3) is 0 Å². The van der Waals surface area contributed by atoms with Crippen molar-refractivity contribution in [3.8, 4) is 0 Å². The highest BCUT2D eigenvalue weighted by atomic mass is 16.3. The molecule has 0 saturated heterocycles. The van der Waals surface area contributed by atoms with Crippen molar-refractivity contribution in [3.63, 3.8) is 0 Å². The first kappa shape index (κ1) is 32.7. The summed E-state index contributed by atoms with van der Waals surface area (Å²) >= 11 is 0. The van der Waals surface area contributed by atoms with Crippen molar-refractivity contribution in [2.24, 2.45) is 5.92 Å². The molecule has 1 heteroatoms. The zero-order chi connectivity index (χ0) is 24.1. The molecule has 0 bridgehead atoms. The fraction of sp³-hybridized carbons (Fsp3) is 0.938. The SMILES string of the molecule is CCCCCCCCCCCCCCC=CC(CO)CCCCCCCCCCCCCC. The summed E-state index contributed by atoms with van der Waals surface area (Å²) in [6.45, 7) is 4.91. The molecule has 1 atom stereocenters. The Bertz CT molecular complexity index is 362. The van der Waals surface area contributed by atoms with Crippen LogP contribution in [-0.2, 0) is 0 Å². The Morgan fingerprint density at radius 2 is 0.788 bits per heavy atom. The maximum Gasteiger partial charge on any atom is 0.0493 e. The van der Waals surface area contributed by atoms with Gasteiger partial charge in [0.15, 0.2) is 0 Å². The predicted octanol–water partition coefficient (Wildman–Crippen LogP) is 11.3. The van der Waals surface area contributed by atoms with Crippen LogP contribution < -0.4 is 0 Å². The Morgan fingerprint density at radius 1 is 0.455 bits per heavy atom.